The molecule has 3 rings (SSSR count). The average Bonchev–Trinajstić information content (AvgIpc) is 2.61. The fraction of sp³-hybridized carbons (Fsp3) is 0.650. The third-order valence-corrected chi connectivity index (χ3v) is 6.75. The molecule has 1 aliphatic heterocycles. The standard InChI is InChI=1S/C20H29NO4S/c1-14(22)21-17-12-19(15-6-4-3-5-7-15)25-20(13-17)16-8-10-18(11-9-16)26(2,23)24/h8-11,15,17,19-20H,3-7,12-13H2,1-2H3,(H,21,22)/t17-,19-,20+/m1/s1. The van der Waals surface area contributed by atoms with Crippen LogP contribution in [0, 0.1) is 5.92 Å². The highest BCUT2D eigenvalue weighted by Crippen LogP contribution is 2.39. The molecule has 1 aliphatic carbocycles. The first-order valence-corrected chi connectivity index (χ1v) is 11.4. The van der Waals surface area contributed by atoms with E-state index in [1.54, 1.807) is 19.1 Å². The van der Waals surface area contributed by atoms with Crippen LogP contribution in [0.25, 0.3) is 0 Å². The molecule has 1 aromatic rings. The molecule has 1 saturated heterocycles. The van der Waals surface area contributed by atoms with Crippen molar-refractivity contribution in [2.24, 2.45) is 5.92 Å². The minimum atomic E-state index is -3.20. The van der Waals surface area contributed by atoms with Gasteiger partial charge in [-0.05, 0) is 49.3 Å². The van der Waals surface area contributed by atoms with Crippen LogP contribution in [0.4, 0.5) is 0 Å². The number of carbonyl (C=O) groups excluding carboxylic acids is 1. The van der Waals surface area contributed by atoms with E-state index in [4.69, 9.17) is 4.74 Å². The molecule has 2 aliphatic rings. The second-order valence-electron chi connectivity index (χ2n) is 7.77. The first-order valence-electron chi connectivity index (χ1n) is 9.55. The van der Waals surface area contributed by atoms with Crippen molar-refractivity contribution < 1.29 is 17.9 Å². The molecule has 144 valence electrons. The summed E-state index contributed by atoms with van der Waals surface area (Å²) in [6, 6.07) is 7.08. The fourth-order valence-electron chi connectivity index (χ4n) is 4.32. The Kier molecular flexibility index (Phi) is 6.03. The molecule has 3 atom stereocenters. The van der Waals surface area contributed by atoms with Crippen molar-refractivity contribution in [2.45, 2.75) is 75.0 Å². The summed E-state index contributed by atoms with van der Waals surface area (Å²) in [5.74, 6) is 0.545. The molecule has 0 spiro atoms. The second-order valence-corrected chi connectivity index (χ2v) is 9.79. The van der Waals surface area contributed by atoms with Crippen molar-refractivity contribution in [3.63, 3.8) is 0 Å². The van der Waals surface area contributed by atoms with Gasteiger partial charge in [-0.2, -0.15) is 0 Å². The van der Waals surface area contributed by atoms with Crippen LogP contribution in [0.2, 0.25) is 0 Å². The summed E-state index contributed by atoms with van der Waals surface area (Å²) < 4.78 is 29.8. The average molecular weight is 380 g/mol. The van der Waals surface area contributed by atoms with Crippen LogP contribution in [0.1, 0.15) is 63.5 Å². The Morgan fingerprint density at radius 3 is 2.31 bits per heavy atom. The normalized spacial score (nSPS) is 27.8. The van der Waals surface area contributed by atoms with Crippen LogP contribution >= 0.6 is 0 Å². The number of amides is 1. The van der Waals surface area contributed by atoms with Crippen molar-refractivity contribution in [1.29, 1.82) is 0 Å². The van der Waals surface area contributed by atoms with Gasteiger partial charge in [-0.1, -0.05) is 31.4 Å². The van der Waals surface area contributed by atoms with Crippen LogP contribution in [0.15, 0.2) is 29.2 Å². The lowest BCUT2D eigenvalue weighted by Gasteiger charge is -2.40. The maximum absolute atomic E-state index is 11.7. The van der Waals surface area contributed by atoms with E-state index < -0.39 is 9.84 Å². The molecule has 6 heteroatoms. The number of hydrogen-bond acceptors (Lipinski definition) is 4. The zero-order valence-electron chi connectivity index (χ0n) is 15.6. The van der Waals surface area contributed by atoms with E-state index in [1.165, 1.54) is 38.4 Å². The van der Waals surface area contributed by atoms with Gasteiger partial charge in [0, 0.05) is 19.2 Å². The van der Waals surface area contributed by atoms with Gasteiger partial charge in [-0.25, -0.2) is 8.42 Å². The Labute approximate surface area is 156 Å². The van der Waals surface area contributed by atoms with E-state index in [-0.39, 0.29) is 24.2 Å². The first-order chi connectivity index (χ1) is 12.3. The minimum absolute atomic E-state index is 0.00883. The summed E-state index contributed by atoms with van der Waals surface area (Å²) in [5, 5.41) is 3.07. The minimum Gasteiger partial charge on any atom is -0.370 e. The zero-order chi connectivity index (χ0) is 18.7. The predicted octanol–water partition coefficient (Wildman–Crippen LogP) is 3.40. The third-order valence-electron chi connectivity index (χ3n) is 5.62. The van der Waals surface area contributed by atoms with Gasteiger partial charge in [0.05, 0.1) is 17.1 Å². The predicted molar refractivity (Wildman–Crippen MR) is 101 cm³/mol. The zero-order valence-corrected chi connectivity index (χ0v) is 16.4. The van der Waals surface area contributed by atoms with E-state index in [0.717, 1.165) is 18.4 Å². The number of nitrogens with one attached hydrogen (secondary N) is 1. The maximum Gasteiger partial charge on any atom is 0.217 e. The van der Waals surface area contributed by atoms with E-state index >= 15 is 0 Å². The molecule has 1 amide bonds. The molecule has 1 saturated carbocycles. The van der Waals surface area contributed by atoms with E-state index in [2.05, 4.69) is 5.32 Å². The lowest BCUT2D eigenvalue weighted by Crippen LogP contribution is -2.44. The lowest BCUT2D eigenvalue weighted by atomic mass is 9.80. The third kappa shape index (κ3) is 4.86. The van der Waals surface area contributed by atoms with Gasteiger partial charge >= 0.3 is 0 Å². The number of hydrogen-bond donors (Lipinski definition) is 1. The topological polar surface area (TPSA) is 72.5 Å². The van der Waals surface area contributed by atoms with Crippen molar-refractivity contribution in [1.82, 2.24) is 5.32 Å². The van der Waals surface area contributed by atoms with Crippen molar-refractivity contribution in [3.05, 3.63) is 29.8 Å². The summed E-state index contributed by atoms with van der Waals surface area (Å²) in [7, 11) is -3.20. The molecule has 26 heavy (non-hydrogen) atoms. The largest absolute Gasteiger partial charge is 0.370 e. The summed E-state index contributed by atoms with van der Waals surface area (Å²) in [4.78, 5) is 11.9. The van der Waals surface area contributed by atoms with Gasteiger partial charge in [-0.15, -0.1) is 0 Å². The smallest absolute Gasteiger partial charge is 0.217 e. The van der Waals surface area contributed by atoms with E-state index in [1.807, 2.05) is 12.1 Å². The molecule has 0 radical (unpaired) electrons. The van der Waals surface area contributed by atoms with Gasteiger partial charge < -0.3 is 10.1 Å². The van der Waals surface area contributed by atoms with Crippen LogP contribution in [0.3, 0.4) is 0 Å². The Morgan fingerprint density at radius 1 is 1.08 bits per heavy atom. The molecule has 1 heterocycles. The number of benzene rings is 1. The van der Waals surface area contributed by atoms with Gasteiger partial charge in [0.2, 0.25) is 5.91 Å². The Morgan fingerprint density at radius 2 is 1.73 bits per heavy atom. The summed E-state index contributed by atoms with van der Waals surface area (Å²) >= 11 is 0. The molecule has 1 N–H and O–H groups in total. The monoisotopic (exact) mass is 379 g/mol. The highest BCUT2D eigenvalue weighted by atomic mass is 32.2. The molecular weight excluding hydrogens is 350 g/mol. The van der Waals surface area contributed by atoms with Gasteiger partial charge in [0.15, 0.2) is 9.84 Å². The number of rotatable bonds is 4. The summed E-state index contributed by atoms with van der Waals surface area (Å²) in [5.41, 5.74) is 0.980. The van der Waals surface area contributed by atoms with Crippen LogP contribution < -0.4 is 5.32 Å². The Balaban J connectivity index is 1.78. The molecule has 0 unspecified atom stereocenters. The SMILES string of the molecule is CC(=O)N[C@H]1C[C@@H](c2ccc(S(C)(=O)=O)cc2)O[C@@H](C2CCCCC2)C1. The van der Waals surface area contributed by atoms with Gasteiger partial charge in [0.1, 0.15) is 0 Å². The highest BCUT2D eigenvalue weighted by Gasteiger charge is 2.35. The fourth-order valence-corrected chi connectivity index (χ4v) is 4.95. The Hall–Kier alpha value is -1.40. The molecule has 0 aromatic heterocycles. The maximum atomic E-state index is 11.7. The molecule has 1 aromatic carbocycles. The van der Waals surface area contributed by atoms with Gasteiger partial charge in [-0.3, -0.25) is 4.79 Å². The molecule has 2 fully saturated rings. The molecular formula is C20H29NO4S. The second kappa shape index (κ2) is 8.09. The number of carbonyl (C=O) groups is 1. The summed E-state index contributed by atoms with van der Waals surface area (Å²) in [6.45, 7) is 1.56. The van der Waals surface area contributed by atoms with Crippen molar-refractivity contribution in [3.8, 4) is 0 Å². The van der Waals surface area contributed by atoms with Crippen molar-refractivity contribution >= 4 is 15.7 Å². The van der Waals surface area contributed by atoms with Crippen LogP contribution in [-0.2, 0) is 19.4 Å². The quantitative estimate of drug-likeness (QED) is 0.870. The number of ether oxygens (including phenoxy) is 1. The Bertz CT molecular complexity index is 723. The van der Waals surface area contributed by atoms with Crippen molar-refractivity contribution in [2.75, 3.05) is 6.26 Å². The lowest BCUT2D eigenvalue weighted by molar-refractivity contribution is -0.124. The van der Waals surface area contributed by atoms with Crippen LogP contribution in [0.5, 0.6) is 0 Å². The number of sulfone groups is 1. The van der Waals surface area contributed by atoms with Gasteiger partial charge in [0.25, 0.3) is 0 Å². The van der Waals surface area contributed by atoms with E-state index in [9.17, 15) is 13.2 Å². The van der Waals surface area contributed by atoms with Crippen LogP contribution in [-0.4, -0.2) is 32.7 Å². The summed E-state index contributed by atoms with van der Waals surface area (Å²) in [6.07, 6.45) is 9.03. The first kappa shape index (κ1) is 19.4. The molecule has 5 nitrogen and oxygen atoms in total. The van der Waals surface area contributed by atoms with E-state index in [0.29, 0.717) is 10.8 Å². The molecule has 0 bridgehead atoms. The highest BCUT2D eigenvalue weighted by molar-refractivity contribution is 7.90.